The number of thioether (sulfide) groups is 1. The first-order valence-electron chi connectivity index (χ1n) is 5.50. The molecule has 1 aromatic carbocycles. The average Bonchev–Trinajstić information content (AvgIpc) is 2.72. The minimum Gasteiger partial charge on any atom is -0.327 e. The molecule has 0 aliphatic heterocycles. The Morgan fingerprint density at radius 2 is 2.33 bits per heavy atom. The molecular formula is C11H14ClN5S. The minimum absolute atomic E-state index is 0.00168. The van der Waals surface area contributed by atoms with Gasteiger partial charge in [-0.15, -0.1) is 22.0 Å². The Kier molecular flexibility index (Phi) is 4.57. The van der Waals surface area contributed by atoms with E-state index in [1.807, 2.05) is 24.3 Å². The van der Waals surface area contributed by atoms with E-state index in [0.29, 0.717) is 12.2 Å². The van der Waals surface area contributed by atoms with Crippen molar-refractivity contribution in [3.8, 4) is 0 Å². The van der Waals surface area contributed by atoms with E-state index in [2.05, 4.69) is 15.4 Å². The Morgan fingerprint density at radius 3 is 3.00 bits per heavy atom. The van der Waals surface area contributed by atoms with Crippen molar-refractivity contribution < 1.29 is 0 Å². The molecule has 0 aliphatic rings. The van der Waals surface area contributed by atoms with Gasteiger partial charge in [0.05, 0.1) is 7.05 Å². The largest absolute Gasteiger partial charge is 0.327 e. The first-order chi connectivity index (χ1) is 8.63. The molecule has 0 saturated carbocycles. The Bertz CT molecular complexity index is 516. The van der Waals surface area contributed by atoms with Crippen molar-refractivity contribution in [1.29, 1.82) is 0 Å². The average molecular weight is 284 g/mol. The highest BCUT2D eigenvalue weighted by Crippen LogP contribution is 2.22. The van der Waals surface area contributed by atoms with Crippen LogP contribution >= 0.6 is 23.4 Å². The second kappa shape index (κ2) is 6.17. The molecule has 1 heterocycles. The highest BCUT2D eigenvalue weighted by Gasteiger charge is 2.09. The van der Waals surface area contributed by atoms with Gasteiger partial charge in [-0.1, -0.05) is 17.7 Å². The molecule has 0 saturated heterocycles. The number of aryl methyl sites for hydroxylation is 1. The van der Waals surface area contributed by atoms with Crippen molar-refractivity contribution in [2.45, 2.75) is 17.4 Å². The maximum absolute atomic E-state index is 6.03. The van der Waals surface area contributed by atoms with Crippen LogP contribution in [-0.4, -0.2) is 32.0 Å². The van der Waals surface area contributed by atoms with Crippen molar-refractivity contribution in [3.05, 3.63) is 35.1 Å². The number of nitrogens with two attached hydrogens (primary N) is 1. The van der Waals surface area contributed by atoms with Gasteiger partial charge < -0.3 is 5.73 Å². The standard InChI is InChI=1S/C11H14ClN5S/c1-17-15-11(14-16-17)6-9(13)7-18-10-4-2-3-8(12)5-10/h2-5,9H,6-7,13H2,1H3. The van der Waals surface area contributed by atoms with E-state index in [9.17, 15) is 0 Å². The molecule has 0 fully saturated rings. The van der Waals surface area contributed by atoms with E-state index in [1.165, 1.54) is 4.80 Å². The number of tetrazole rings is 1. The smallest absolute Gasteiger partial charge is 0.176 e. The van der Waals surface area contributed by atoms with Crippen LogP contribution in [0.25, 0.3) is 0 Å². The maximum atomic E-state index is 6.03. The van der Waals surface area contributed by atoms with Gasteiger partial charge in [0.25, 0.3) is 0 Å². The summed E-state index contributed by atoms with van der Waals surface area (Å²) in [5, 5.41) is 12.5. The van der Waals surface area contributed by atoms with Crippen LogP contribution in [0, 0.1) is 0 Å². The van der Waals surface area contributed by atoms with Crippen LogP contribution in [-0.2, 0) is 13.5 Å². The van der Waals surface area contributed by atoms with Crippen molar-refractivity contribution in [1.82, 2.24) is 20.2 Å². The van der Waals surface area contributed by atoms with E-state index in [4.69, 9.17) is 17.3 Å². The van der Waals surface area contributed by atoms with Crippen molar-refractivity contribution in [2.24, 2.45) is 12.8 Å². The molecule has 1 unspecified atom stereocenters. The summed E-state index contributed by atoms with van der Waals surface area (Å²) in [7, 11) is 1.74. The fourth-order valence-electron chi connectivity index (χ4n) is 1.46. The third kappa shape index (κ3) is 3.97. The molecular weight excluding hydrogens is 270 g/mol. The van der Waals surface area contributed by atoms with Gasteiger partial charge in [-0.05, 0) is 23.4 Å². The summed E-state index contributed by atoms with van der Waals surface area (Å²) in [6.07, 6.45) is 0.626. The molecule has 2 N–H and O–H groups in total. The summed E-state index contributed by atoms with van der Waals surface area (Å²) >= 11 is 7.59. The van der Waals surface area contributed by atoms with Gasteiger partial charge in [0.15, 0.2) is 5.82 Å². The number of aromatic nitrogens is 4. The van der Waals surface area contributed by atoms with Crippen LogP contribution in [0.4, 0.5) is 0 Å². The predicted octanol–water partition coefficient (Wildman–Crippen LogP) is 1.53. The van der Waals surface area contributed by atoms with Crippen LogP contribution < -0.4 is 5.73 Å². The predicted molar refractivity (Wildman–Crippen MR) is 72.7 cm³/mol. The highest BCUT2D eigenvalue weighted by atomic mass is 35.5. The van der Waals surface area contributed by atoms with E-state index in [-0.39, 0.29) is 6.04 Å². The summed E-state index contributed by atoms with van der Waals surface area (Å²) in [6.45, 7) is 0. The SMILES string of the molecule is Cn1nnc(CC(N)CSc2cccc(Cl)c2)n1. The lowest BCUT2D eigenvalue weighted by Crippen LogP contribution is -2.26. The van der Waals surface area contributed by atoms with Crippen LogP contribution in [0.1, 0.15) is 5.82 Å². The van der Waals surface area contributed by atoms with Gasteiger partial charge >= 0.3 is 0 Å². The van der Waals surface area contributed by atoms with E-state index >= 15 is 0 Å². The Hall–Kier alpha value is -1.11. The lowest BCUT2D eigenvalue weighted by atomic mass is 10.2. The van der Waals surface area contributed by atoms with E-state index in [1.54, 1.807) is 18.8 Å². The number of rotatable bonds is 5. The molecule has 0 aliphatic carbocycles. The number of benzene rings is 1. The molecule has 2 rings (SSSR count). The molecule has 2 aromatic rings. The maximum Gasteiger partial charge on any atom is 0.176 e. The van der Waals surface area contributed by atoms with Gasteiger partial charge in [-0.2, -0.15) is 4.80 Å². The fraction of sp³-hybridized carbons (Fsp3) is 0.364. The summed E-state index contributed by atoms with van der Waals surface area (Å²) in [4.78, 5) is 2.55. The third-order valence-corrected chi connectivity index (χ3v) is 3.67. The zero-order valence-electron chi connectivity index (χ0n) is 9.95. The van der Waals surface area contributed by atoms with Gasteiger partial charge in [0, 0.05) is 28.1 Å². The summed E-state index contributed by atoms with van der Waals surface area (Å²) in [5.41, 5.74) is 6.03. The zero-order valence-corrected chi connectivity index (χ0v) is 11.5. The first kappa shape index (κ1) is 13.3. The van der Waals surface area contributed by atoms with Gasteiger partial charge in [-0.25, -0.2) is 0 Å². The third-order valence-electron chi connectivity index (χ3n) is 2.25. The monoisotopic (exact) mass is 283 g/mol. The fourth-order valence-corrected chi connectivity index (χ4v) is 2.62. The summed E-state index contributed by atoms with van der Waals surface area (Å²) in [5.74, 6) is 1.47. The first-order valence-corrected chi connectivity index (χ1v) is 6.86. The highest BCUT2D eigenvalue weighted by molar-refractivity contribution is 7.99. The molecule has 18 heavy (non-hydrogen) atoms. The van der Waals surface area contributed by atoms with Gasteiger partial charge in [0.2, 0.25) is 0 Å². The molecule has 1 atom stereocenters. The van der Waals surface area contributed by atoms with Crippen LogP contribution in [0.2, 0.25) is 5.02 Å². The number of hydrogen-bond acceptors (Lipinski definition) is 5. The quantitative estimate of drug-likeness (QED) is 0.843. The molecule has 1 aromatic heterocycles. The summed E-state index contributed by atoms with van der Waals surface area (Å²) in [6, 6.07) is 7.73. The lowest BCUT2D eigenvalue weighted by Gasteiger charge is -2.08. The van der Waals surface area contributed by atoms with E-state index < -0.39 is 0 Å². The normalized spacial score (nSPS) is 12.6. The molecule has 0 radical (unpaired) electrons. The molecule has 0 spiro atoms. The molecule has 0 bridgehead atoms. The molecule has 7 heteroatoms. The minimum atomic E-state index is -0.00168. The Labute approximate surface area is 115 Å². The van der Waals surface area contributed by atoms with Crippen LogP contribution in [0.15, 0.2) is 29.2 Å². The number of halogens is 1. The van der Waals surface area contributed by atoms with Gasteiger partial charge in [-0.3, -0.25) is 0 Å². The van der Waals surface area contributed by atoms with E-state index in [0.717, 1.165) is 15.7 Å². The van der Waals surface area contributed by atoms with Crippen molar-refractivity contribution in [2.75, 3.05) is 5.75 Å². The molecule has 96 valence electrons. The molecule has 0 amide bonds. The second-order valence-corrected chi connectivity index (χ2v) is 5.46. The lowest BCUT2D eigenvalue weighted by molar-refractivity contribution is 0.624. The number of nitrogens with zero attached hydrogens (tertiary/aromatic N) is 4. The Balaban J connectivity index is 1.83. The number of hydrogen-bond donors (Lipinski definition) is 1. The van der Waals surface area contributed by atoms with Gasteiger partial charge in [0.1, 0.15) is 0 Å². The zero-order chi connectivity index (χ0) is 13.0. The van der Waals surface area contributed by atoms with Crippen LogP contribution in [0.5, 0.6) is 0 Å². The second-order valence-electron chi connectivity index (χ2n) is 3.93. The topological polar surface area (TPSA) is 69.6 Å². The van der Waals surface area contributed by atoms with Crippen molar-refractivity contribution >= 4 is 23.4 Å². The Morgan fingerprint density at radius 1 is 1.50 bits per heavy atom. The van der Waals surface area contributed by atoms with Crippen molar-refractivity contribution in [3.63, 3.8) is 0 Å². The van der Waals surface area contributed by atoms with Crippen LogP contribution in [0.3, 0.4) is 0 Å². The summed E-state index contributed by atoms with van der Waals surface area (Å²) < 4.78 is 0. The molecule has 5 nitrogen and oxygen atoms in total.